The summed E-state index contributed by atoms with van der Waals surface area (Å²) in [6, 6.07) is 11.4. The van der Waals surface area contributed by atoms with E-state index in [1.165, 1.54) is 0 Å². The Labute approximate surface area is 164 Å². The number of furan rings is 1. The molecule has 7 heteroatoms. The summed E-state index contributed by atoms with van der Waals surface area (Å²) in [6.07, 6.45) is 1.70. The molecule has 0 saturated carbocycles. The highest BCUT2D eigenvalue weighted by Crippen LogP contribution is 2.30. The van der Waals surface area contributed by atoms with Crippen LogP contribution in [-0.2, 0) is 14.8 Å². The molecule has 0 bridgehead atoms. The normalized spacial score (nSPS) is 11.5. The van der Waals surface area contributed by atoms with Crippen LogP contribution < -0.4 is 4.72 Å². The predicted molar refractivity (Wildman–Crippen MR) is 108 cm³/mol. The van der Waals surface area contributed by atoms with Crippen LogP contribution in [0.3, 0.4) is 0 Å². The number of esters is 1. The van der Waals surface area contributed by atoms with E-state index < -0.39 is 16.0 Å². The molecule has 0 spiro atoms. The van der Waals surface area contributed by atoms with Crippen LogP contribution in [-0.4, -0.2) is 21.0 Å². The van der Waals surface area contributed by atoms with E-state index in [2.05, 4.69) is 4.72 Å². The Hall–Kier alpha value is -2.80. The molecule has 1 N–H and O–H groups in total. The number of hydrogen-bond acceptors (Lipinski definition) is 5. The first-order valence-electron chi connectivity index (χ1n) is 9.11. The van der Waals surface area contributed by atoms with Crippen molar-refractivity contribution in [3.8, 4) is 0 Å². The van der Waals surface area contributed by atoms with E-state index in [1.54, 1.807) is 49.4 Å². The second-order valence-corrected chi connectivity index (χ2v) is 8.33. The second kappa shape index (κ2) is 8.06. The largest absolute Gasteiger partial charge is 0.462 e. The zero-order chi connectivity index (χ0) is 20.3. The van der Waals surface area contributed by atoms with Crippen LogP contribution in [0, 0.1) is 13.8 Å². The van der Waals surface area contributed by atoms with Crippen LogP contribution in [0.25, 0.3) is 11.0 Å². The number of anilines is 1. The van der Waals surface area contributed by atoms with Crippen LogP contribution in [0.5, 0.6) is 0 Å². The van der Waals surface area contributed by atoms with Crippen molar-refractivity contribution >= 4 is 32.6 Å². The lowest BCUT2D eigenvalue weighted by atomic mass is 10.1. The Morgan fingerprint density at radius 1 is 1.11 bits per heavy atom. The summed E-state index contributed by atoms with van der Waals surface area (Å²) in [4.78, 5) is 12.6. The van der Waals surface area contributed by atoms with Crippen molar-refractivity contribution in [2.75, 3.05) is 11.3 Å². The van der Waals surface area contributed by atoms with Crippen LogP contribution in [0.4, 0.5) is 5.69 Å². The standard InChI is InChI=1S/C21H23NO5S/c1-4-5-12-26-21(23)20-15(3)27-19-11-8-16(13-18(19)20)22-28(24,25)17-9-6-14(2)7-10-17/h6-11,13,22H,4-5,12H2,1-3H3. The number of benzene rings is 2. The van der Waals surface area contributed by atoms with Crippen LogP contribution >= 0.6 is 0 Å². The van der Waals surface area contributed by atoms with Gasteiger partial charge in [-0.15, -0.1) is 0 Å². The predicted octanol–water partition coefficient (Wildman–Crippen LogP) is 4.81. The SMILES string of the molecule is CCCCOC(=O)c1c(C)oc2ccc(NS(=O)(=O)c3ccc(C)cc3)cc12. The number of hydrogen-bond donors (Lipinski definition) is 1. The van der Waals surface area contributed by atoms with Gasteiger partial charge in [0.15, 0.2) is 0 Å². The summed E-state index contributed by atoms with van der Waals surface area (Å²) in [6.45, 7) is 5.92. The molecule has 0 amide bonds. The average molecular weight is 401 g/mol. The van der Waals surface area contributed by atoms with E-state index >= 15 is 0 Å². The topological polar surface area (TPSA) is 85.6 Å². The van der Waals surface area contributed by atoms with Gasteiger partial charge in [-0.3, -0.25) is 4.72 Å². The molecular formula is C21H23NO5S. The first-order valence-corrected chi connectivity index (χ1v) is 10.6. The van der Waals surface area contributed by atoms with Gasteiger partial charge in [-0.1, -0.05) is 31.0 Å². The zero-order valence-corrected chi connectivity index (χ0v) is 16.9. The number of fused-ring (bicyclic) bond motifs is 1. The first-order chi connectivity index (χ1) is 13.3. The summed E-state index contributed by atoms with van der Waals surface area (Å²) in [5.41, 5.74) is 2.14. The summed E-state index contributed by atoms with van der Waals surface area (Å²) in [5, 5.41) is 0.517. The van der Waals surface area contributed by atoms with E-state index in [1.807, 2.05) is 13.8 Å². The maximum Gasteiger partial charge on any atom is 0.342 e. The molecule has 0 atom stereocenters. The quantitative estimate of drug-likeness (QED) is 0.454. The third-order valence-corrected chi connectivity index (χ3v) is 5.78. The number of unbranched alkanes of at least 4 members (excludes halogenated alkanes) is 1. The fourth-order valence-corrected chi connectivity index (χ4v) is 3.90. The number of aryl methyl sites for hydroxylation is 2. The van der Waals surface area contributed by atoms with Gasteiger partial charge in [-0.25, -0.2) is 13.2 Å². The van der Waals surface area contributed by atoms with Gasteiger partial charge in [0.1, 0.15) is 16.9 Å². The molecule has 3 aromatic rings. The van der Waals surface area contributed by atoms with Gasteiger partial charge < -0.3 is 9.15 Å². The minimum atomic E-state index is -3.74. The Morgan fingerprint density at radius 3 is 2.50 bits per heavy atom. The van der Waals surface area contributed by atoms with Gasteiger partial charge in [-0.2, -0.15) is 0 Å². The number of rotatable bonds is 7. The molecule has 0 radical (unpaired) electrons. The highest BCUT2D eigenvalue weighted by Gasteiger charge is 2.21. The molecular weight excluding hydrogens is 378 g/mol. The van der Waals surface area contributed by atoms with Crippen molar-refractivity contribution in [2.45, 2.75) is 38.5 Å². The van der Waals surface area contributed by atoms with Crippen molar-refractivity contribution in [2.24, 2.45) is 0 Å². The molecule has 3 rings (SSSR count). The van der Waals surface area contributed by atoms with Gasteiger partial charge >= 0.3 is 5.97 Å². The zero-order valence-electron chi connectivity index (χ0n) is 16.1. The molecule has 0 aliphatic heterocycles. The molecule has 0 saturated heterocycles. The second-order valence-electron chi connectivity index (χ2n) is 6.65. The van der Waals surface area contributed by atoms with Crippen molar-refractivity contribution in [3.05, 3.63) is 59.4 Å². The average Bonchev–Trinajstić information content (AvgIpc) is 2.97. The fourth-order valence-electron chi connectivity index (χ4n) is 2.85. The Morgan fingerprint density at radius 2 is 1.82 bits per heavy atom. The third-order valence-electron chi connectivity index (χ3n) is 4.38. The minimum Gasteiger partial charge on any atom is -0.462 e. The van der Waals surface area contributed by atoms with Crippen LogP contribution in [0.15, 0.2) is 51.8 Å². The van der Waals surface area contributed by atoms with Gasteiger partial charge in [0.2, 0.25) is 0 Å². The molecule has 0 aliphatic rings. The van der Waals surface area contributed by atoms with E-state index in [4.69, 9.17) is 9.15 Å². The van der Waals surface area contributed by atoms with E-state index in [0.717, 1.165) is 18.4 Å². The van der Waals surface area contributed by atoms with Gasteiger partial charge in [-0.05, 0) is 50.6 Å². The maximum absolute atomic E-state index is 12.6. The van der Waals surface area contributed by atoms with Crippen molar-refractivity contribution in [1.82, 2.24) is 0 Å². The summed E-state index contributed by atoms with van der Waals surface area (Å²) < 4.78 is 38.7. The number of sulfonamides is 1. The Balaban J connectivity index is 1.92. The van der Waals surface area contributed by atoms with Crippen molar-refractivity contribution in [3.63, 3.8) is 0 Å². The third kappa shape index (κ3) is 4.20. The van der Waals surface area contributed by atoms with Gasteiger partial charge in [0.05, 0.1) is 11.5 Å². The van der Waals surface area contributed by atoms with Crippen LogP contribution in [0.1, 0.15) is 41.4 Å². The monoisotopic (exact) mass is 401 g/mol. The summed E-state index contributed by atoms with van der Waals surface area (Å²) in [7, 11) is -3.74. The molecule has 2 aromatic carbocycles. The van der Waals surface area contributed by atoms with Gasteiger partial charge in [0, 0.05) is 11.1 Å². The summed E-state index contributed by atoms with van der Waals surface area (Å²) in [5.74, 6) is -0.0294. The Kier molecular flexibility index (Phi) is 5.74. The lowest BCUT2D eigenvalue weighted by molar-refractivity contribution is 0.0500. The molecule has 28 heavy (non-hydrogen) atoms. The Bertz CT molecular complexity index is 1100. The smallest absolute Gasteiger partial charge is 0.342 e. The minimum absolute atomic E-state index is 0.167. The van der Waals surface area contributed by atoms with E-state index in [0.29, 0.717) is 34.6 Å². The number of ether oxygens (including phenoxy) is 1. The van der Waals surface area contributed by atoms with Crippen molar-refractivity contribution < 1.29 is 22.4 Å². The van der Waals surface area contributed by atoms with Crippen molar-refractivity contribution in [1.29, 1.82) is 0 Å². The lowest BCUT2D eigenvalue weighted by Gasteiger charge is -2.09. The molecule has 0 aliphatic carbocycles. The molecule has 148 valence electrons. The number of carbonyl (C=O) groups excluding carboxylic acids is 1. The van der Waals surface area contributed by atoms with E-state index in [-0.39, 0.29) is 4.90 Å². The lowest BCUT2D eigenvalue weighted by Crippen LogP contribution is -2.13. The molecule has 6 nitrogen and oxygen atoms in total. The number of carbonyl (C=O) groups is 1. The molecule has 1 heterocycles. The van der Waals surface area contributed by atoms with E-state index in [9.17, 15) is 13.2 Å². The highest BCUT2D eigenvalue weighted by molar-refractivity contribution is 7.92. The molecule has 0 unspecified atom stereocenters. The summed E-state index contributed by atoms with van der Waals surface area (Å²) >= 11 is 0. The highest BCUT2D eigenvalue weighted by atomic mass is 32.2. The first kappa shape index (κ1) is 19.9. The fraction of sp³-hybridized carbons (Fsp3) is 0.286. The maximum atomic E-state index is 12.6. The molecule has 0 fully saturated rings. The van der Waals surface area contributed by atoms with Gasteiger partial charge in [0.25, 0.3) is 10.0 Å². The number of nitrogens with one attached hydrogen (secondary N) is 1. The van der Waals surface area contributed by atoms with Crippen LogP contribution in [0.2, 0.25) is 0 Å². The molecule has 1 aromatic heterocycles.